The molecule has 0 unspecified atom stereocenters. The molecule has 0 amide bonds. The Kier molecular flexibility index (Phi) is 9.05. The number of ether oxygens (including phenoxy) is 2. The Morgan fingerprint density at radius 3 is 2.55 bits per heavy atom. The fraction of sp³-hybridized carbons (Fsp3) is 0.867. The lowest BCUT2D eigenvalue weighted by molar-refractivity contribution is -0.210. The monoisotopic (exact) mass is 288 g/mol. The van der Waals surface area contributed by atoms with Crippen molar-refractivity contribution in [2.45, 2.75) is 63.4 Å². The number of unbranched alkanes of at least 4 members (excludes halogenated alkanes) is 3. The van der Waals surface area contributed by atoms with E-state index >= 15 is 0 Å². The van der Waals surface area contributed by atoms with E-state index in [1.165, 1.54) is 12.8 Å². The first kappa shape index (κ1) is 17.6. The van der Waals surface area contributed by atoms with Gasteiger partial charge in [-0.1, -0.05) is 31.9 Å². The van der Waals surface area contributed by atoms with Crippen LogP contribution in [-0.2, 0) is 9.47 Å². The molecule has 3 N–H and O–H groups in total. The topological polar surface area (TPSA) is 79.2 Å². The molecule has 0 aliphatic carbocycles. The SMILES string of the molecule is CCCC/C=C/CCCO[C@H]1[C@H](O)[C@@H](CO)OC[C@@H]1O. The minimum Gasteiger partial charge on any atom is -0.394 e. The second-order valence-electron chi connectivity index (χ2n) is 5.20. The maximum absolute atomic E-state index is 9.91. The lowest BCUT2D eigenvalue weighted by Gasteiger charge is -2.37. The first-order valence-electron chi connectivity index (χ1n) is 7.55. The molecule has 0 radical (unpaired) electrons. The smallest absolute Gasteiger partial charge is 0.114 e. The molecule has 0 aromatic rings. The summed E-state index contributed by atoms with van der Waals surface area (Å²) in [6, 6.07) is 0. The van der Waals surface area contributed by atoms with Gasteiger partial charge in [0.25, 0.3) is 0 Å². The van der Waals surface area contributed by atoms with Crippen LogP contribution < -0.4 is 0 Å². The van der Waals surface area contributed by atoms with Crippen LogP contribution in [0.1, 0.15) is 39.0 Å². The van der Waals surface area contributed by atoms with Crippen molar-refractivity contribution in [3.8, 4) is 0 Å². The molecule has 0 spiro atoms. The zero-order chi connectivity index (χ0) is 14.8. The summed E-state index contributed by atoms with van der Waals surface area (Å²) >= 11 is 0. The highest BCUT2D eigenvalue weighted by molar-refractivity contribution is 4.88. The van der Waals surface area contributed by atoms with E-state index in [9.17, 15) is 10.2 Å². The van der Waals surface area contributed by atoms with Crippen LogP contribution in [0.4, 0.5) is 0 Å². The van der Waals surface area contributed by atoms with Crippen molar-refractivity contribution in [1.82, 2.24) is 0 Å². The molecule has 0 saturated carbocycles. The van der Waals surface area contributed by atoms with E-state index in [2.05, 4.69) is 19.1 Å². The maximum atomic E-state index is 9.91. The molecule has 20 heavy (non-hydrogen) atoms. The van der Waals surface area contributed by atoms with Crippen LogP contribution in [0.25, 0.3) is 0 Å². The van der Waals surface area contributed by atoms with Gasteiger partial charge >= 0.3 is 0 Å². The van der Waals surface area contributed by atoms with E-state index in [1.807, 2.05) is 0 Å². The van der Waals surface area contributed by atoms with Crippen LogP contribution >= 0.6 is 0 Å². The second kappa shape index (κ2) is 10.3. The number of aliphatic hydroxyl groups excluding tert-OH is 3. The van der Waals surface area contributed by atoms with Gasteiger partial charge in [0.2, 0.25) is 0 Å². The lowest BCUT2D eigenvalue weighted by Crippen LogP contribution is -2.55. The highest BCUT2D eigenvalue weighted by Gasteiger charge is 2.38. The minimum atomic E-state index is -0.983. The zero-order valence-electron chi connectivity index (χ0n) is 12.3. The Bertz CT molecular complexity index is 269. The van der Waals surface area contributed by atoms with E-state index < -0.39 is 24.4 Å². The minimum absolute atomic E-state index is 0.0872. The van der Waals surface area contributed by atoms with E-state index in [-0.39, 0.29) is 13.2 Å². The van der Waals surface area contributed by atoms with Crippen LogP contribution in [0, 0.1) is 0 Å². The summed E-state index contributed by atoms with van der Waals surface area (Å²) in [4.78, 5) is 0. The van der Waals surface area contributed by atoms with Gasteiger partial charge in [-0.15, -0.1) is 0 Å². The van der Waals surface area contributed by atoms with Crippen LogP contribution in [0.2, 0.25) is 0 Å². The average Bonchev–Trinajstić information content (AvgIpc) is 2.45. The predicted octanol–water partition coefficient (Wildman–Crippen LogP) is 1.01. The van der Waals surface area contributed by atoms with Crippen LogP contribution in [0.3, 0.4) is 0 Å². The first-order chi connectivity index (χ1) is 9.70. The summed E-state index contributed by atoms with van der Waals surface area (Å²) in [6.07, 6.45) is 6.49. The summed E-state index contributed by atoms with van der Waals surface area (Å²) in [5.41, 5.74) is 0. The highest BCUT2D eigenvalue weighted by Crippen LogP contribution is 2.18. The number of rotatable bonds is 9. The molecule has 5 heteroatoms. The Balaban J connectivity index is 2.17. The van der Waals surface area contributed by atoms with Gasteiger partial charge in [-0.25, -0.2) is 0 Å². The van der Waals surface area contributed by atoms with Gasteiger partial charge in [-0.3, -0.25) is 0 Å². The molecular formula is C15H28O5. The normalized spacial score (nSPS) is 31.0. The third-order valence-corrected chi connectivity index (χ3v) is 3.47. The van der Waals surface area contributed by atoms with Gasteiger partial charge in [0.05, 0.1) is 13.2 Å². The van der Waals surface area contributed by atoms with Crippen LogP contribution in [0.15, 0.2) is 12.2 Å². The van der Waals surface area contributed by atoms with Crippen molar-refractivity contribution in [2.75, 3.05) is 19.8 Å². The standard InChI is InChI=1S/C15H28O5/c1-2-3-4-5-6-7-8-9-19-15-12(17)11-20-13(10-16)14(15)18/h5-6,12-18H,2-4,7-11H2,1H3/b6-5+/t12-,13+,14+,15+/m0/s1. The van der Waals surface area contributed by atoms with Gasteiger partial charge in [0.1, 0.15) is 24.4 Å². The molecule has 1 aliphatic rings. The van der Waals surface area contributed by atoms with Gasteiger partial charge in [-0.2, -0.15) is 0 Å². The van der Waals surface area contributed by atoms with E-state index in [0.717, 1.165) is 19.3 Å². The van der Waals surface area contributed by atoms with Crippen molar-refractivity contribution in [3.63, 3.8) is 0 Å². The highest BCUT2D eigenvalue weighted by atomic mass is 16.6. The van der Waals surface area contributed by atoms with Crippen LogP contribution in [-0.4, -0.2) is 59.6 Å². The summed E-state index contributed by atoms with van der Waals surface area (Å²) < 4.78 is 10.7. The summed E-state index contributed by atoms with van der Waals surface area (Å²) in [6.45, 7) is 2.47. The third kappa shape index (κ3) is 5.89. The number of hydrogen-bond acceptors (Lipinski definition) is 5. The fourth-order valence-electron chi connectivity index (χ4n) is 2.20. The van der Waals surface area contributed by atoms with Crippen LogP contribution in [0.5, 0.6) is 0 Å². The van der Waals surface area contributed by atoms with Gasteiger partial charge in [0.15, 0.2) is 0 Å². The molecule has 4 atom stereocenters. The fourth-order valence-corrected chi connectivity index (χ4v) is 2.20. The molecule has 118 valence electrons. The second-order valence-corrected chi connectivity index (χ2v) is 5.20. The zero-order valence-corrected chi connectivity index (χ0v) is 12.3. The van der Waals surface area contributed by atoms with Crippen molar-refractivity contribution in [2.24, 2.45) is 0 Å². The molecule has 5 nitrogen and oxygen atoms in total. The Morgan fingerprint density at radius 2 is 1.90 bits per heavy atom. The summed E-state index contributed by atoms with van der Waals surface area (Å²) in [5, 5.41) is 28.7. The lowest BCUT2D eigenvalue weighted by atomic mass is 10.0. The van der Waals surface area contributed by atoms with Gasteiger partial charge in [0, 0.05) is 6.61 Å². The Morgan fingerprint density at radius 1 is 1.20 bits per heavy atom. The molecule has 0 aromatic carbocycles. The van der Waals surface area contributed by atoms with E-state index in [4.69, 9.17) is 14.6 Å². The summed E-state index contributed by atoms with van der Waals surface area (Å²) in [5.74, 6) is 0. The van der Waals surface area contributed by atoms with Crippen molar-refractivity contribution in [3.05, 3.63) is 12.2 Å². The molecular weight excluding hydrogens is 260 g/mol. The number of allylic oxidation sites excluding steroid dienone is 2. The van der Waals surface area contributed by atoms with Crippen molar-refractivity contribution < 1.29 is 24.8 Å². The molecule has 1 fully saturated rings. The Hall–Kier alpha value is -0.460. The van der Waals surface area contributed by atoms with Gasteiger partial charge in [-0.05, 0) is 19.3 Å². The van der Waals surface area contributed by atoms with Crippen molar-refractivity contribution >= 4 is 0 Å². The number of hydrogen-bond donors (Lipinski definition) is 3. The third-order valence-electron chi connectivity index (χ3n) is 3.47. The molecule has 1 rings (SSSR count). The molecule has 1 saturated heterocycles. The quantitative estimate of drug-likeness (QED) is 0.436. The molecule has 0 bridgehead atoms. The van der Waals surface area contributed by atoms with E-state index in [0.29, 0.717) is 6.61 Å². The number of aliphatic hydroxyl groups is 3. The molecule has 0 aromatic heterocycles. The van der Waals surface area contributed by atoms with Gasteiger partial charge < -0.3 is 24.8 Å². The molecule has 1 heterocycles. The predicted molar refractivity (Wildman–Crippen MR) is 76.5 cm³/mol. The molecule has 1 aliphatic heterocycles. The maximum Gasteiger partial charge on any atom is 0.114 e. The Labute approximate surface area is 121 Å². The van der Waals surface area contributed by atoms with E-state index in [1.54, 1.807) is 0 Å². The largest absolute Gasteiger partial charge is 0.394 e. The first-order valence-corrected chi connectivity index (χ1v) is 7.55. The average molecular weight is 288 g/mol. The van der Waals surface area contributed by atoms with Crippen molar-refractivity contribution in [1.29, 1.82) is 0 Å². The summed E-state index contributed by atoms with van der Waals surface area (Å²) in [7, 11) is 0.